The maximum absolute atomic E-state index is 12.2. The predicted molar refractivity (Wildman–Crippen MR) is 103 cm³/mol. The largest absolute Gasteiger partial charge is 0.486 e. The Morgan fingerprint density at radius 3 is 2.55 bits per heavy atom. The van der Waals surface area contributed by atoms with Crippen molar-refractivity contribution in [2.45, 2.75) is 5.75 Å². The van der Waals surface area contributed by atoms with Crippen LogP contribution in [-0.2, 0) is 20.4 Å². The van der Waals surface area contributed by atoms with Crippen LogP contribution in [0.15, 0.2) is 52.9 Å². The highest BCUT2D eigenvalue weighted by Gasteiger charge is 2.20. The molecule has 1 aromatic heterocycles. The number of nitrogens with one attached hydrogen (secondary N) is 1. The fourth-order valence-electron chi connectivity index (χ4n) is 2.80. The summed E-state index contributed by atoms with van der Waals surface area (Å²) < 4.78 is 40.8. The maximum Gasteiger partial charge on any atom is 0.322 e. The number of anilines is 1. The zero-order chi connectivity index (χ0) is 20.3. The highest BCUT2D eigenvalue weighted by atomic mass is 32.2. The third-order valence-electron chi connectivity index (χ3n) is 4.04. The fraction of sp³-hybridized carbons (Fsp3) is 0.211. The van der Waals surface area contributed by atoms with Crippen molar-refractivity contribution >= 4 is 21.8 Å². The van der Waals surface area contributed by atoms with E-state index >= 15 is 0 Å². The highest BCUT2D eigenvalue weighted by molar-refractivity contribution is 7.91. The van der Waals surface area contributed by atoms with E-state index in [1.54, 1.807) is 48.5 Å². The highest BCUT2D eigenvalue weighted by Crippen LogP contribution is 2.34. The number of benzene rings is 2. The molecule has 3 aromatic rings. The van der Waals surface area contributed by atoms with Crippen molar-refractivity contribution in [1.82, 2.24) is 10.2 Å². The van der Waals surface area contributed by atoms with Gasteiger partial charge in [0.15, 0.2) is 21.3 Å². The molecule has 2 aromatic carbocycles. The molecule has 1 aliphatic rings. The standard InChI is InChI=1S/C19H17N3O6S/c23-17(12-29(24,25)11-13-4-2-1-3-5-13)20-19-22-21-18(28-19)14-6-7-15-16(10-14)27-9-8-26-15/h1-7,10H,8-9,11-12H2,(H,20,22,23). The van der Waals surface area contributed by atoms with Crippen LogP contribution >= 0.6 is 0 Å². The van der Waals surface area contributed by atoms with Gasteiger partial charge in [-0.25, -0.2) is 8.42 Å². The summed E-state index contributed by atoms with van der Waals surface area (Å²) in [7, 11) is -3.64. The van der Waals surface area contributed by atoms with Gasteiger partial charge in [0.1, 0.15) is 19.0 Å². The first-order chi connectivity index (χ1) is 14.0. The molecule has 4 rings (SSSR count). The van der Waals surface area contributed by atoms with Crippen molar-refractivity contribution in [3.05, 3.63) is 54.1 Å². The summed E-state index contributed by atoms with van der Waals surface area (Å²) >= 11 is 0. The molecule has 0 atom stereocenters. The molecule has 0 spiro atoms. The van der Waals surface area contributed by atoms with Gasteiger partial charge in [0.05, 0.1) is 5.75 Å². The van der Waals surface area contributed by atoms with Gasteiger partial charge in [-0.2, -0.15) is 0 Å². The zero-order valence-electron chi connectivity index (χ0n) is 15.2. The molecule has 29 heavy (non-hydrogen) atoms. The van der Waals surface area contributed by atoms with Gasteiger partial charge in [-0.15, -0.1) is 5.10 Å². The Morgan fingerprint density at radius 2 is 1.76 bits per heavy atom. The molecule has 0 saturated heterocycles. The molecular formula is C19H17N3O6S. The van der Waals surface area contributed by atoms with Gasteiger partial charge in [-0.1, -0.05) is 35.4 Å². The Bertz CT molecular complexity index is 1130. The van der Waals surface area contributed by atoms with Crippen LogP contribution in [0.4, 0.5) is 6.01 Å². The minimum atomic E-state index is -3.64. The van der Waals surface area contributed by atoms with Gasteiger partial charge in [0.2, 0.25) is 11.8 Å². The molecule has 1 N–H and O–H groups in total. The minimum absolute atomic E-state index is 0.157. The number of ether oxygens (including phenoxy) is 2. The van der Waals surface area contributed by atoms with Crippen molar-refractivity contribution in [3.8, 4) is 23.0 Å². The number of hydrogen-bond donors (Lipinski definition) is 1. The fourth-order valence-corrected chi connectivity index (χ4v) is 4.08. The second-order valence-electron chi connectivity index (χ2n) is 6.34. The molecule has 10 heteroatoms. The van der Waals surface area contributed by atoms with E-state index in [1.807, 2.05) is 0 Å². The summed E-state index contributed by atoms with van der Waals surface area (Å²) in [6.45, 7) is 0.926. The second-order valence-corrected chi connectivity index (χ2v) is 8.40. The third-order valence-corrected chi connectivity index (χ3v) is 5.52. The molecule has 2 heterocycles. The van der Waals surface area contributed by atoms with Crippen molar-refractivity contribution in [2.24, 2.45) is 0 Å². The lowest BCUT2D eigenvalue weighted by molar-refractivity contribution is -0.114. The van der Waals surface area contributed by atoms with Crippen molar-refractivity contribution < 1.29 is 27.1 Å². The van der Waals surface area contributed by atoms with Gasteiger partial charge >= 0.3 is 6.01 Å². The molecule has 0 unspecified atom stereocenters. The third kappa shape index (κ3) is 4.72. The van der Waals surface area contributed by atoms with E-state index in [2.05, 4.69) is 15.5 Å². The molecule has 1 aliphatic heterocycles. The van der Waals surface area contributed by atoms with E-state index in [4.69, 9.17) is 13.9 Å². The molecule has 0 aliphatic carbocycles. The first kappa shape index (κ1) is 18.9. The first-order valence-electron chi connectivity index (χ1n) is 8.76. The van der Waals surface area contributed by atoms with Crippen LogP contribution in [0.2, 0.25) is 0 Å². The Morgan fingerprint density at radius 1 is 1.00 bits per heavy atom. The molecule has 0 bridgehead atoms. The lowest BCUT2D eigenvalue weighted by Crippen LogP contribution is -2.24. The van der Waals surface area contributed by atoms with Crippen LogP contribution in [-0.4, -0.2) is 43.5 Å². The average molecular weight is 415 g/mol. The number of amides is 1. The van der Waals surface area contributed by atoms with Gasteiger partial charge in [0.25, 0.3) is 0 Å². The number of carbonyl (C=O) groups excluding carboxylic acids is 1. The topological polar surface area (TPSA) is 121 Å². The smallest absolute Gasteiger partial charge is 0.322 e. The number of aromatic nitrogens is 2. The lowest BCUT2D eigenvalue weighted by Gasteiger charge is -2.18. The Labute approximate surface area is 166 Å². The Kier molecular flexibility index (Phi) is 5.17. The van der Waals surface area contributed by atoms with Gasteiger partial charge in [0, 0.05) is 5.56 Å². The molecule has 0 fully saturated rings. The number of carbonyl (C=O) groups is 1. The summed E-state index contributed by atoms with van der Waals surface area (Å²) in [5.41, 5.74) is 1.19. The molecular weight excluding hydrogens is 398 g/mol. The zero-order valence-corrected chi connectivity index (χ0v) is 16.0. The van der Waals surface area contributed by atoms with E-state index < -0.39 is 21.5 Å². The van der Waals surface area contributed by atoms with E-state index in [0.29, 0.717) is 35.8 Å². The van der Waals surface area contributed by atoms with Gasteiger partial charge in [-0.05, 0) is 23.8 Å². The van der Waals surface area contributed by atoms with E-state index in [9.17, 15) is 13.2 Å². The molecule has 0 saturated carbocycles. The normalized spacial score (nSPS) is 13.1. The van der Waals surface area contributed by atoms with Crippen LogP contribution in [0.25, 0.3) is 11.5 Å². The summed E-state index contributed by atoms with van der Waals surface area (Å²) in [6.07, 6.45) is 0. The van der Waals surface area contributed by atoms with E-state index in [-0.39, 0.29) is 17.7 Å². The first-order valence-corrected chi connectivity index (χ1v) is 10.6. The van der Waals surface area contributed by atoms with Crippen molar-refractivity contribution in [3.63, 3.8) is 0 Å². The van der Waals surface area contributed by atoms with Crippen molar-refractivity contribution in [2.75, 3.05) is 24.3 Å². The number of fused-ring (bicyclic) bond motifs is 1. The van der Waals surface area contributed by atoms with Gasteiger partial charge < -0.3 is 13.9 Å². The minimum Gasteiger partial charge on any atom is -0.486 e. The van der Waals surface area contributed by atoms with Crippen molar-refractivity contribution in [1.29, 1.82) is 0 Å². The maximum atomic E-state index is 12.2. The van der Waals surface area contributed by atoms with Crippen LogP contribution in [0.5, 0.6) is 11.5 Å². The number of nitrogens with zero attached hydrogens (tertiary/aromatic N) is 2. The number of sulfone groups is 1. The Hall–Kier alpha value is -3.40. The number of hydrogen-bond acceptors (Lipinski definition) is 8. The lowest BCUT2D eigenvalue weighted by atomic mass is 10.2. The average Bonchev–Trinajstić information content (AvgIpc) is 3.15. The summed E-state index contributed by atoms with van der Waals surface area (Å²) in [6, 6.07) is 13.6. The van der Waals surface area contributed by atoms with Crippen LogP contribution in [0.3, 0.4) is 0 Å². The molecule has 9 nitrogen and oxygen atoms in total. The van der Waals surface area contributed by atoms with Crippen LogP contribution in [0, 0.1) is 0 Å². The molecule has 150 valence electrons. The summed E-state index contributed by atoms with van der Waals surface area (Å²) in [5.74, 6) is -0.333. The SMILES string of the molecule is O=C(CS(=O)(=O)Cc1ccccc1)Nc1nnc(-c2ccc3c(c2)OCCO3)o1. The van der Waals surface area contributed by atoms with E-state index in [1.165, 1.54) is 0 Å². The number of rotatable bonds is 6. The monoisotopic (exact) mass is 415 g/mol. The van der Waals surface area contributed by atoms with Gasteiger partial charge in [-0.3, -0.25) is 10.1 Å². The quantitative estimate of drug-likeness (QED) is 0.649. The molecule has 1 amide bonds. The van der Waals surface area contributed by atoms with E-state index in [0.717, 1.165) is 0 Å². The van der Waals surface area contributed by atoms with Crippen LogP contribution in [0.1, 0.15) is 5.56 Å². The summed E-state index contributed by atoms with van der Waals surface area (Å²) in [4.78, 5) is 12.1. The Balaban J connectivity index is 1.40. The second kappa shape index (κ2) is 7.92. The molecule has 0 radical (unpaired) electrons. The summed E-state index contributed by atoms with van der Waals surface area (Å²) in [5, 5.41) is 9.94. The van der Waals surface area contributed by atoms with Crippen LogP contribution < -0.4 is 14.8 Å². The predicted octanol–water partition coefficient (Wildman–Crippen LogP) is 2.06.